The van der Waals surface area contributed by atoms with E-state index in [0.717, 1.165) is 12.8 Å². The smallest absolute Gasteiger partial charge is 0.303 e. The molecule has 0 radical (unpaired) electrons. The lowest BCUT2D eigenvalue weighted by Crippen LogP contribution is -2.59. The molecule has 8 heteroatoms. The second kappa shape index (κ2) is 7.87. The summed E-state index contributed by atoms with van der Waals surface area (Å²) in [4.78, 5) is 34.9. The van der Waals surface area contributed by atoms with Gasteiger partial charge in [0, 0.05) is 20.8 Å². The van der Waals surface area contributed by atoms with Crippen molar-refractivity contribution < 1.29 is 38.1 Å². The molecular formula is C21H32O8. The molecule has 1 aliphatic heterocycles. The number of rotatable bonds is 5. The summed E-state index contributed by atoms with van der Waals surface area (Å²) in [7, 11) is 0. The monoisotopic (exact) mass is 412 g/mol. The first kappa shape index (κ1) is 22.0. The molecule has 0 spiro atoms. The Morgan fingerprint density at radius 3 is 1.97 bits per heavy atom. The molecule has 0 amide bonds. The van der Waals surface area contributed by atoms with Crippen LogP contribution in [0.5, 0.6) is 0 Å². The van der Waals surface area contributed by atoms with Gasteiger partial charge in [-0.15, -0.1) is 0 Å². The van der Waals surface area contributed by atoms with Crippen LogP contribution in [0, 0.1) is 16.7 Å². The predicted octanol–water partition coefficient (Wildman–Crippen LogP) is 2.37. The number of ether oxygens (including phenoxy) is 5. The van der Waals surface area contributed by atoms with Crippen molar-refractivity contribution in [1.82, 2.24) is 0 Å². The summed E-state index contributed by atoms with van der Waals surface area (Å²) in [6.45, 7) is 10.5. The molecular weight excluding hydrogens is 380 g/mol. The van der Waals surface area contributed by atoms with E-state index in [4.69, 9.17) is 23.7 Å². The van der Waals surface area contributed by atoms with Crippen molar-refractivity contribution in [2.24, 2.45) is 16.7 Å². The molecule has 164 valence electrons. The number of hydrogen-bond acceptors (Lipinski definition) is 8. The SMILES string of the molecule is CC(=O)O[C@H]1[C@H](OC(C)=O)COC(O[C@H]2C[C@@H]3CC[C@@]2(C)C3(C)C)[C@@H]1OC(C)=O. The van der Waals surface area contributed by atoms with Crippen molar-refractivity contribution in [2.75, 3.05) is 6.61 Å². The Kier molecular flexibility index (Phi) is 5.98. The van der Waals surface area contributed by atoms with Crippen molar-refractivity contribution in [2.45, 2.75) is 91.5 Å². The van der Waals surface area contributed by atoms with Gasteiger partial charge < -0.3 is 23.7 Å². The molecule has 0 aromatic heterocycles. The molecule has 1 saturated heterocycles. The third kappa shape index (κ3) is 4.01. The molecule has 29 heavy (non-hydrogen) atoms. The topological polar surface area (TPSA) is 97.4 Å². The minimum atomic E-state index is -1.03. The summed E-state index contributed by atoms with van der Waals surface area (Å²) >= 11 is 0. The summed E-state index contributed by atoms with van der Waals surface area (Å²) in [6, 6.07) is 0. The minimum absolute atomic E-state index is 0.0176. The molecule has 2 saturated carbocycles. The van der Waals surface area contributed by atoms with Crippen molar-refractivity contribution in [1.29, 1.82) is 0 Å². The first-order chi connectivity index (χ1) is 13.5. The first-order valence-corrected chi connectivity index (χ1v) is 10.2. The fourth-order valence-electron chi connectivity index (χ4n) is 5.32. The van der Waals surface area contributed by atoms with Gasteiger partial charge in [-0.1, -0.05) is 20.8 Å². The summed E-state index contributed by atoms with van der Waals surface area (Å²) < 4.78 is 28.3. The maximum atomic E-state index is 11.8. The normalized spacial score (nSPS) is 40.3. The molecule has 0 aromatic rings. The summed E-state index contributed by atoms with van der Waals surface area (Å²) in [5.41, 5.74) is 0.115. The van der Waals surface area contributed by atoms with Crippen LogP contribution < -0.4 is 0 Å². The van der Waals surface area contributed by atoms with E-state index < -0.39 is 42.5 Å². The van der Waals surface area contributed by atoms with Gasteiger partial charge in [-0.2, -0.15) is 0 Å². The lowest BCUT2D eigenvalue weighted by molar-refractivity contribution is -0.299. The summed E-state index contributed by atoms with van der Waals surface area (Å²) in [5.74, 6) is -1.12. The highest BCUT2D eigenvalue weighted by molar-refractivity contribution is 5.68. The number of fused-ring (bicyclic) bond motifs is 2. The van der Waals surface area contributed by atoms with E-state index in [0.29, 0.717) is 5.92 Å². The van der Waals surface area contributed by atoms with Crippen LogP contribution in [0.4, 0.5) is 0 Å². The van der Waals surface area contributed by atoms with Gasteiger partial charge in [0.25, 0.3) is 0 Å². The van der Waals surface area contributed by atoms with Crippen LogP contribution in [0.1, 0.15) is 60.8 Å². The van der Waals surface area contributed by atoms with Crippen molar-refractivity contribution in [3.8, 4) is 0 Å². The quantitative estimate of drug-likeness (QED) is 0.501. The zero-order chi connectivity index (χ0) is 21.6. The van der Waals surface area contributed by atoms with E-state index in [2.05, 4.69) is 20.8 Å². The molecule has 3 rings (SSSR count). The Balaban J connectivity index is 1.83. The summed E-state index contributed by atoms with van der Waals surface area (Å²) in [6.07, 6.45) is -0.751. The van der Waals surface area contributed by atoms with Gasteiger partial charge in [-0.3, -0.25) is 14.4 Å². The van der Waals surface area contributed by atoms with Gasteiger partial charge >= 0.3 is 17.9 Å². The zero-order valence-electron chi connectivity index (χ0n) is 18.1. The van der Waals surface area contributed by atoms with Crippen molar-refractivity contribution in [3.63, 3.8) is 0 Å². The maximum absolute atomic E-state index is 11.8. The van der Waals surface area contributed by atoms with E-state index in [9.17, 15) is 14.4 Å². The Morgan fingerprint density at radius 1 is 0.897 bits per heavy atom. The third-order valence-corrected chi connectivity index (χ3v) is 7.32. The van der Waals surface area contributed by atoms with E-state index in [1.54, 1.807) is 0 Å². The predicted molar refractivity (Wildman–Crippen MR) is 101 cm³/mol. The number of carbonyl (C=O) groups is 3. The Bertz CT molecular complexity index is 674. The average molecular weight is 412 g/mol. The van der Waals surface area contributed by atoms with E-state index in [1.807, 2.05) is 0 Å². The van der Waals surface area contributed by atoms with Crippen LogP contribution in [0.15, 0.2) is 0 Å². The fraction of sp³-hybridized carbons (Fsp3) is 0.857. The van der Waals surface area contributed by atoms with Gasteiger partial charge in [0.2, 0.25) is 0 Å². The highest BCUT2D eigenvalue weighted by Gasteiger charge is 2.63. The lowest BCUT2D eigenvalue weighted by Gasteiger charge is -2.44. The summed E-state index contributed by atoms with van der Waals surface area (Å²) in [5, 5.41) is 0. The molecule has 1 heterocycles. The number of carbonyl (C=O) groups excluding carboxylic acids is 3. The van der Waals surface area contributed by atoms with Gasteiger partial charge in [0.1, 0.15) is 0 Å². The van der Waals surface area contributed by atoms with E-state index >= 15 is 0 Å². The van der Waals surface area contributed by atoms with Crippen LogP contribution >= 0.6 is 0 Å². The number of esters is 3. The largest absolute Gasteiger partial charge is 0.456 e. The lowest BCUT2D eigenvalue weighted by atomic mass is 9.70. The average Bonchev–Trinajstić information content (AvgIpc) is 2.92. The molecule has 7 atom stereocenters. The number of hydrogen-bond donors (Lipinski definition) is 0. The highest BCUT2D eigenvalue weighted by atomic mass is 16.7. The molecule has 1 unspecified atom stereocenters. The van der Waals surface area contributed by atoms with Crippen LogP contribution in [0.2, 0.25) is 0 Å². The fourth-order valence-corrected chi connectivity index (χ4v) is 5.32. The third-order valence-electron chi connectivity index (χ3n) is 7.32. The Labute approximate surface area is 171 Å². The van der Waals surface area contributed by atoms with E-state index in [1.165, 1.54) is 27.2 Å². The Morgan fingerprint density at radius 2 is 1.48 bits per heavy atom. The molecule has 0 aromatic carbocycles. The van der Waals surface area contributed by atoms with Gasteiger partial charge in [-0.05, 0) is 36.0 Å². The van der Waals surface area contributed by atoms with E-state index in [-0.39, 0.29) is 23.5 Å². The van der Waals surface area contributed by atoms with Crippen LogP contribution in [0.3, 0.4) is 0 Å². The van der Waals surface area contributed by atoms with Crippen LogP contribution in [-0.4, -0.2) is 55.2 Å². The second-order valence-electron chi connectivity index (χ2n) is 9.23. The standard InChI is InChI=1S/C21H32O8/c1-11(22)26-15-10-25-19(18(28-13(3)24)17(15)27-12(2)23)29-16-9-14-7-8-21(16,6)20(14,4)5/h14-19H,7-10H2,1-6H3/t14-,15+,16-,17-,18+,19?,21+/m0/s1. The van der Waals surface area contributed by atoms with Crippen molar-refractivity contribution in [3.05, 3.63) is 0 Å². The molecule has 2 aliphatic carbocycles. The van der Waals surface area contributed by atoms with Crippen LogP contribution in [0.25, 0.3) is 0 Å². The zero-order valence-corrected chi connectivity index (χ0v) is 18.1. The Hall–Kier alpha value is -1.67. The van der Waals surface area contributed by atoms with Gasteiger partial charge in [0.15, 0.2) is 24.6 Å². The van der Waals surface area contributed by atoms with Crippen molar-refractivity contribution >= 4 is 17.9 Å². The minimum Gasteiger partial charge on any atom is -0.456 e. The second-order valence-corrected chi connectivity index (χ2v) is 9.23. The molecule has 8 nitrogen and oxygen atoms in total. The van der Waals surface area contributed by atoms with Gasteiger partial charge in [-0.25, -0.2) is 0 Å². The van der Waals surface area contributed by atoms with Gasteiger partial charge in [0.05, 0.1) is 12.7 Å². The highest BCUT2D eigenvalue weighted by Crippen LogP contribution is 2.66. The first-order valence-electron chi connectivity index (χ1n) is 10.2. The van der Waals surface area contributed by atoms with Crippen LogP contribution in [-0.2, 0) is 38.1 Å². The maximum Gasteiger partial charge on any atom is 0.303 e. The molecule has 2 bridgehead atoms. The molecule has 3 fully saturated rings. The molecule has 3 aliphatic rings. The molecule has 0 N–H and O–H groups in total.